The van der Waals surface area contributed by atoms with Crippen LogP contribution in [-0.2, 0) is 57.3 Å². The maximum Gasteiger partial charge on any atom is 0.384 e. The summed E-state index contributed by atoms with van der Waals surface area (Å²) in [5.41, 5.74) is 30.6. The first kappa shape index (κ1) is 107. The number of aromatic nitrogens is 6. The Morgan fingerprint density at radius 1 is 0.452 bits per heavy atom. The summed E-state index contributed by atoms with van der Waals surface area (Å²) >= 11 is 39.4. The number of azo groups is 1. The molecule has 5 aliphatic carbocycles. The fourth-order valence-corrected chi connectivity index (χ4v) is 22.1. The number of primary sulfonamides is 3. The van der Waals surface area contributed by atoms with Gasteiger partial charge >= 0.3 is 11.1 Å². The van der Waals surface area contributed by atoms with Crippen LogP contribution >= 0.6 is 110 Å². The number of alkyl halides is 1. The Labute approximate surface area is 889 Å². The zero-order valence-corrected chi connectivity index (χ0v) is 89.3. The van der Waals surface area contributed by atoms with Gasteiger partial charge in [0, 0.05) is 60.6 Å². The van der Waals surface area contributed by atoms with E-state index in [4.69, 9.17) is 127 Å². The fourth-order valence-electron chi connectivity index (χ4n) is 17.0. The number of hydrogen-bond acceptors (Lipinski definition) is 27. The smallest absolute Gasteiger partial charge is 0.384 e. The van der Waals surface area contributed by atoms with Gasteiger partial charge in [-0.1, -0.05) is 131 Å². The summed E-state index contributed by atoms with van der Waals surface area (Å²) in [5, 5.41) is 57.6. The van der Waals surface area contributed by atoms with E-state index in [1.54, 1.807) is 44.7 Å². The number of halogens is 5. The number of benzene rings is 13. The highest BCUT2D eigenvalue weighted by atomic mass is 79.9. The highest BCUT2D eigenvalue weighted by Gasteiger charge is 2.34. The van der Waals surface area contributed by atoms with Crippen LogP contribution in [0.4, 0.5) is 28.7 Å². The van der Waals surface area contributed by atoms with Crippen molar-refractivity contribution in [3.63, 3.8) is 0 Å². The number of fused-ring (bicyclic) bond motifs is 5. The van der Waals surface area contributed by atoms with Crippen LogP contribution in [0, 0.1) is 0 Å². The lowest BCUT2D eigenvalue weighted by atomic mass is 9.99. The molecule has 0 radical (unpaired) electrons. The second-order valence-corrected chi connectivity index (χ2v) is 44.3. The lowest BCUT2D eigenvalue weighted by Gasteiger charge is -2.15. The number of thiocarbonyl (C=S) groups is 2. The summed E-state index contributed by atoms with van der Waals surface area (Å²) in [7, 11) is -3.27. The lowest BCUT2D eigenvalue weighted by Crippen LogP contribution is -2.21. The molecule has 15 aromatic rings. The second-order valence-electron chi connectivity index (χ2n) is 35.0. The quantitative estimate of drug-likeness (QED) is 0.00572. The van der Waals surface area contributed by atoms with E-state index >= 15 is 0 Å². The number of carbonyl (C=O) groups is 3. The van der Waals surface area contributed by atoms with Crippen molar-refractivity contribution >= 4 is 257 Å². The fraction of sp³-hybridized carbons (Fsp3) is 0.243. The number of thioether (sulfide) groups is 2. The third-order valence-electron chi connectivity index (χ3n) is 25.0. The summed E-state index contributed by atoms with van der Waals surface area (Å²) in [6.07, 6.45) is 12.5. The van der Waals surface area contributed by atoms with Gasteiger partial charge in [0.15, 0.2) is 10.3 Å². The highest BCUT2D eigenvalue weighted by molar-refractivity contribution is 9.10. The van der Waals surface area contributed by atoms with E-state index in [2.05, 4.69) is 129 Å². The predicted octanol–water partition coefficient (Wildman–Crippen LogP) is 21.7. The van der Waals surface area contributed by atoms with Crippen molar-refractivity contribution in [1.29, 1.82) is 0 Å². The minimum Gasteiger partial charge on any atom is -0.497 e. The number of ketones is 2. The van der Waals surface area contributed by atoms with Gasteiger partial charge in [-0.15, -0.1) is 32.0 Å². The third-order valence-corrected chi connectivity index (χ3v) is 31.8. The Balaban J connectivity index is 0.000000130. The van der Waals surface area contributed by atoms with Gasteiger partial charge in [-0.2, -0.15) is 9.57 Å². The lowest BCUT2D eigenvalue weighted by molar-refractivity contribution is -0.298. The molecule has 6 aliphatic rings. The summed E-state index contributed by atoms with van der Waals surface area (Å²) in [5.74, 6) is 7.09. The number of guanidine groups is 1. The van der Waals surface area contributed by atoms with Crippen LogP contribution in [0.15, 0.2) is 251 Å². The Morgan fingerprint density at radius 2 is 0.822 bits per heavy atom. The number of carbonyl (C=O) groups excluding carboxylic acids is 3. The molecule has 0 unspecified atom stereocenters. The van der Waals surface area contributed by atoms with Crippen LogP contribution in [0.5, 0.6) is 28.7 Å². The van der Waals surface area contributed by atoms with Crippen molar-refractivity contribution in [3.8, 4) is 40.1 Å². The SMILES string of the molecule is COc1ccc2c(C3CC3)ccc(-n3c(Br)nnc3SCC(=O)Cc3ccc(S(N)(=O)=O)cc3Cl)c2c1.COc1ccc2c(C3CC3)ccc(-n3c(N)nnc3SCC(=O)Cc3ccc(S(N)(=O)=O)cc3Cl)c2c1.COc1ccc2c(C3CC3)ccc(N)c2c1.COc1ccc2c(C3CC3)ccc(N=C=S)c2c1.COc1ccc2c(C3CC3)ccc([N+]3=C(N)N=NC3=S)c2c1.NS(=O)(=O)c1ccc(NC(=O)CCl)c(Cl)c1. The normalized spacial score (nSPS) is 14.3. The minimum atomic E-state index is -3.88. The molecule has 3 heterocycles. The molecule has 21 rings (SSSR count). The second kappa shape index (κ2) is 46.1. The number of ether oxygens (including phenoxy) is 5. The zero-order chi connectivity index (χ0) is 104. The number of methoxy groups -OCH3 is 5. The molecule has 0 saturated heterocycles. The van der Waals surface area contributed by atoms with Crippen molar-refractivity contribution < 1.29 is 67.9 Å². The first-order valence-electron chi connectivity index (χ1n) is 45.6. The van der Waals surface area contributed by atoms with E-state index < -0.39 is 36.0 Å². The zero-order valence-electron chi connectivity index (χ0n) is 79.0. The molecular weight excluding hydrogens is 2150 g/mol. The maximum absolute atomic E-state index is 12.8. The average Bonchev–Trinajstić information content (AvgIpc) is 1.59. The van der Waals surface area contributed by atoms with Crippen molar-refractivity contribution in [2.45, 2.75) is 132 Å². The van der Waals surface area contributed by atoms with Crippen molar-refractivity contribution in [3.05, 3.63) is 265 Å². The summed E-state index contributed by atoms with van der Waals surface area (Å²) < 4.78 is 101. The number of hydrogen-bond donors (Lipinski definition) is 7. The van der Waals surface area contributed by atoms with Crippen LogP contribution in [0.3, 0.4) is 0 Å². The Morgan fingerprint density at radius 3 is 1.23 bits per heavy atom. The monoisotopic (exact) mass is 2240 g/mol. The molecule has 2 aromatic heterocycles. The van der Waals surface area contributed by atoms with E-state index in [-0.39, 0.29) is 83.2 Å². The largest absolute Gasteiger partial charge is 0.497 e. The summed E-state index contributed by atoms with van der Waals surface area (Å²) in [4.78, 5) is 40.3. The molecule has 0 bridgehead atoms. The minimum absolute atomic E-state index is 0.0244. The molecule has 0 atom stereocenters. The number of aliphatic imine (C=N–C) groups is 1. The van der Waals surface area contributed by atoms with Crippen LogP contribution < -0.4 is 61.6 Å². The standard InChI is InChI=1S/C25H22BrClN4O4S2.C25H24ClN5O4S2.C16H14N4OS.C15H13NOS.C14H15NO.C8H8Cl2N2O3S/c1-35-17-5-7-20-19(14-2-3-14)8-9-23(21(20)11-17)31-24(26)29-30-25(31)36-13-16(32)10-15-4-6-18(12-22(15)27)37(28,33)34;1-35-17-5-7-20-19(14-2-3-14)8-9-23(21(20)11-17)31-24(27)29-30-25(31)36-13-16(32)10-15-4-6-18(12-22(15)26)37(28,33)34;1-21-10-4-5-12-11(9-2-3-9)6-7-14(13(12)8-10)20-15(17)18-19-16(20)22;1-17-11-4-5-13-12(10-2-3-10)6-7-15(16-9-18)14(13)8-11;1-16-10-4-5-12-11(9-2-3-9)6-7-14(15)13(12)8-10;9-4-8(13)12-7-2-1-5(3-6(7)10)16(11,14)15/h4-9,11-12,14H,2-3,10,13H2,1H3,(H2,28,33,34);4-9,11-12,14H,2-3,10,13H2,1H3,(H2,27,29)(H2,28,33,34);4-9,17H,2-3H2,1H3;4-8,10H,2-3H2,1H3;4-9H,2-3,15H2,1H3;1-3H,4H2,(H,12,13)(H2,11,14,15)/p+1. The van der Waals surface area contributed by atoms with Gasteiger partial charge in [0.05, 0.1) is 99.8 Å². The van der Waals surface area contributed by atoms with E-state index in [1.165, 1.54) is 180 Å². The molecule has 0 spiro atoms. The molecule has 754 valence electrons. The molecule has 5 saturated carbocycles. The van der Waals surface area contributed by atoms with Gasteiger partial charge in [0.2, 0.25) is 46.7 Å². The van der Waals surface area contributed by atoms with E-state index in [9.17, 15) is 39.6 Å². The number of nitrogens with zero attached hydrogens (tertiary/aromatic N) is 10. The molecule has 146 heavy (non-hydrogen) atoms. The van der Waals surface area contributed by atoms with Crippen molar-refractivity contribution in [1.82, 2.24) is 29.5 Å². The number of Topliss-reactive ketones (excluding diaryl/α,β-unsaturated/α-hetero) is 2. The van der Waals surface area contributed by atoms with Gasteiger partial charge in [-0.05, 0) is 333 Å². The van der Waals surface area contributed by atoms with Gasteiger partial charge in [0.25, 0.3) is 0 Å². The summed E-state index contributed by atoms with van der Waals surface area (Å²) in [6.45, 7) is 0. The van der Waals surface area contributed by atoms with Gasteiger partial charge in [0.1, 0.15) is 51.9 Å². The number of nitrogen functional groups attached to an aromatic ring is 2. The highest BCUT2D eigenvalue weighted by Crippen LogP contribution is 2.51. The van der Waals surface area contributed by atoms with Gasteiger partial charge in [-0.25, -0.2) is 40.7 Å². The van der Waals surface area contributed by atoms with Crippen LogP contribution in [-0.4, -0.2) is 146 Å². The number of isothiocyanates is 1. The van der Waals surface area contributed by atoms with Gasteiger partial charge < -0.3 is 46.2 Å². The predicted molar refractivity (Wildman–Crippen MR) is 587 cm³/mol. The number of nitrogens with one attached hydrogen (secondary N) is 1. The summed E-state index contributed by atoms with van der Waals surface area (Å²) in [6, 6.07) is 63.3. The molecule has 43 heteroatoms. The number of nitrogens with two attached hydrogens (primary N) is 6. The average molecular weight is 2240 g/mol. The first-order chi connectivity index (χ1) is 70.0. The third kappa shape index (κ3) is 25.5. The van der Waals surface area contributed by atoms with Crippen molar-refractivity contribution in [2.24, 2.45) is 36.4 Å². The van der Waals surface area contributed by atoms with Crippen LogP contribution in [0.1, 0.15) is 133 Å². The molecular formula is C103H97BrCl4N17O14S7+. The topological polar surface area (TPSA) is 469 Å². The Kier molecular flexibility index (Phi) is 33.7. The van der Waals surface area contributed by atoms with Crippen LogP contribution in [0.2, 0.25) is 15.1 Å². The first-order valence-corrected chi connectivity index (χ1v) is 55.5. The molecule has 1 amide bonds. The Hall–Kier alpha value is -12.1. The van der Waals surface area contributed by atoms with E-state index in [0.717, 1.165) is 107 Å². The number of anilines is 3. The Bertz CT molecular complexity index is 7960. The van der Waals surface area contributed by atoms with E-state index in [1.807, 2.05) is 89.5 Å². The molecule has 13 N–H and O–H groups in total. The number of sulfonamides is 3. The molecule has 5 fully saturated rings. The molecule has 13 aromatic carbocycles. The number of rotatable bonds is 29. The molecule has 31 nitrogen and oxygen atoms in total. The molecule has 1 aliphatic heterocycles. The maximum atomic E-state index is 12.8. The van der Waals surface area contributed by atoms with E-state index in [0.29, 0.717) is 60.9 Å². The number of amides is 1. The van der Waals surface area contributed by atoms with Gasteiger partial charge in [-0.3, -0.25) is 23.5 Å². The van der Waals surface area contributed by atoms with Crippen molar-refractivity contribution in [2.75, 3.05) is 69.7 Å². The van der Waals surface area contributed by atoms with Crippen LogP contribution in [0.25, 0.3) is 65.2 Å².